The van der Waals surface area contributed by atoms with E-state index >= 15 is 0 Å². The van der Waals surface area contributed by atoms with Crippen molar-refractivity contribution in [2.75, 3.05) is 20.2 Å². The van der Waals surface area contributed by atoms with Gasteiger partial charge in [0, 0.05) is 0 Å². The maximum absolute atomic E-state index is 5.15. The van der Waals surface area contributed by atoms with Gasteiger partial charge in [-0.15, -0.1) is 0 Å². The second-order valence-corrected chi connectivity index (χ2v) is 4.95. The fraction of sp³-hybridized carbons (Fsp3) is 0.600. The van der Waals surface area contributed by atoms with Crippen LogP contribution >= 0.6 is 0 Å². The second-order valence-electron chi connectivity index (χ2n) is 4.95. The first-order valence-corrected chi connectivity index (χ1v) is 6.72. The zero-order valence-corrected chi connectivity index (χ0v) is 10.7. The summed E-state index contributed by atoms with van der Waals surface area (Å²) in [6, 6.07) is 8.37. The molecule has 1 N–H and O–H groups in total. The van der Waals surface area contributed by atoms with Gasteiger partial charge in [0.25, 0.3) is 0 Å². The van der Waals surface area contributed by atoms with E-state index in [1.165, 1.54) is 37.8 Å². The highest BCUT2D eigenvalue weighted by molar-refractivity contribution is 5.27. The highest BCUT2D eigenvalue weighted by atomic mass is 16.5. The molecule has 17 heavy (non-hydrogen) atoms. The lowest BCUT2D eigenvalue weighted by atomic mass is 10.1. The fourth-order valence-corrected chi connectivity index (χ4v) is 2.55. The number of hydrogen-bond acceptors (Lipinski definition) is 2. The summed E-state index contributed by atoms with van der Waals surface area (Å²) in [6.07, 6.45) is 6.83. The molecule has 0 unspecified atom stereocenters. The zero-order valence-electron chi connectivity index (χ0n) is 10.7. The predicted octanol–water partition coefficient (Wildman–Crippen LogP) is 3.02. The van der Waals surface area contributed by atoms with Gasteiger partial charge in [0.1, 0.15) is 5.75 Å². The number of benzene rings is 1. The molecule has 1 aliphatic rings. The average molecular weight is 233 g/mol. The molecule has 1 aromatic rings. The Bertz CT molecular complexity index is 314. The van der Waals surface area contributed by atoms with Crippen molar-refractivity contribution < 1.29 is 4.74 Å². The fourth-order valence-electron chi connectivity index (χ4n) is 2.55. The van der Waals surface area contributed by atoms with Gasteiger partial charge in [0.05, 0.1) is 7.11 Å². The van der Waals surface area contributed by atoms with Gasteiger partial charge in [-0.3, -0.25) is 0 Å². The molecule has 1 saturated carbocycles. The van der Waals surface area contributed by atoms with Gasteiger partial charge in [-0.1, -0.05) is 25.0 Å². The van der Waals surface area contributed by atoms with Crippen LogP contribution < -0.4 is 10.1 Å². The van der Waals surface area contributed by atoms with Gasteiger partial charge < -0.3 is 10.1 Å². The van der Waals surface area contributed by atoms with Crippen LogP contribution in [0.2, 0.25) is 0 Å². The molecule has 94 valence electrons. The number of rotatable bonds is 6. The van der Waals surface area contributed by atoms with E-state index in [1.54, 1.807) is 7.11 Å². The van der Waals surface area contributed by atoms with Crippen LogP contribution in [-0.4, -0.2) is 20.2 Å². The molecule has 0 aliphatic heterocycles. The average Bonchev–Trinajstić information content (AvgIpc) is 2.88. The lowest BCUT2D eigenvalue weighted by Gasteiger charge is -2.10. The zero-order chi connectivity index (χ0) is 11.9. The standard InChI is InChI=1S/C15H23NO/c1-17-15-8-6-13(7-9-15)10-11-16-12-14-4-2-3-5-14/h6-9,14,16H,2-5,10-12H2,1H3. The minimum absolute atomic E-state index is 0.936. The van der Waals surface area contributed by atoms with Crippen LogP contribution in [0.25, 0.3) is 0 Å². The smallest absolute Gasteiger partial charge is 0.118 e. The molecule has 2 heteroatoms. The minimum Gasteiger partial charge on any atom is -0.497 e. The third kappa shape index (κ3) is 4.04. The van der Waals surface area contributed by atoms with E-state index in [4.69, 9.17) is 4.74 Å². The highest BCUT2D eigenvalue weighted by Crippen LogP contribution is 2.23. The lowest BCUT2D eigenvalue weighted by Crippen LogP contribution is -2.23. The van der Waals surface area contributed by atoms with Crippen LogP contribution in [0.1, 0.15) is 31.2 Å². The van der Waals surface area contributed by atoms with Gasteiger partial charge in [-0.25, -0.2) is 0 Å². The molecule has 0 spiro atoms. The van der Waals surface area contributed by atoms with Crippen molar-refractivity contribution in [2.24, 2.45) is 5.92 Å². The summed E-state index contributed by atoms with van der Waals surface area (Å²) in [6.45, 7) is 2.29. The van der Waals surface area contributed by atoms with Crippen LogP contribution in [0.3, 0.4) is 0 Å². The highest BCUT2D eigenvalue weighted by Gasteiger charge is 2.13. The first-order valence-electron chi connectivity index (χ1n) is 6.72. The first-order chi connectivity index (χ1) is 8.38. The molecule has 0 amide bonds. The Kier molecular flexibility index (Phi) is 4.87. The minimum atomic E-state index is 0.936. The predicted molar refractivity (Wildman–Crippen MR) is 71.5 cm³/mol. The number of nitrogens with one attached hydrogen (secondary N) is 1. The molecule has 1 aliphatic carbocycles. The second kappa shape index (κ2) is 6.65. The third-order valence-corrected chi connectivity index (χ3v) is 3.66. The van der Waals surface area contributed by atoms with Gasteiger partial charge in [0.2, 0.25) is 0 Å². The van der Waals surface area contributed by atoms with E-state index in [2.05, 4.69) is 17.4 Å². The Morgan fingerprint density at radius 2 is 1.88 bits per heavy atom. The van der Waals surface area contributed by atoms with Crippen molar-refractivity contribution in [1.82, 2.24) is 5.32 Å². The molecule has 0 heterocycles. The molecule has 1 aromatic carbocycles. The summed E-state index contributed by atoms with van der Waals surface area (Å²) in [7, 11) is 1.71. The maximum Gasteiger partial charge on any atom is 0.118 e. The summed E-state index contributed by atoms with van der Waals surface area (Å²) < 4.78 is 5.15. The van der Waals surface area contributed by atoms with Crippen molar-refractivity contribution in [1.29, 1.82) is 0 Å². The Balaban J connectivity index is 1.63. The van der Waals surface area contributed by atoms with Crippen LogP contribution in [0, 0.1) is 5.92 Å². The Morgan fingerprint density at radius 1 is 1.18 bits per heavy atom. The van der Waals surface area contributed by atoms with E-state index in [0.717, 1.165) is 24.6 Å². The number of hydrogen-bond donors (Lipinski definition) is 1. The van der Waals surface area contributed by atoms with Gasteiger partial charge in [-0.2, -0.15) is 0 Å². The molecule has 0 radical (unpaired) electrons. The summed E-state index contributed by atoms with van der Waals surface area (Å²) in [4.78, 5) is 0. The third-order valence-electron chi connectivity index (χ3n) is 3.66. The van der Waals surface area contributed by atoms with Crippen molar-refractivity contribution in [2.45, 2.75) is 32.1 Å². The summed E-state index contributed by atoms with van der Waals surface area (Å²) in [5.41, 5.74) is 1.38. The van der Waals surface area contributed by atoms with Gasteiger partial charge in [-0.05, 0) is 56.0 Å². The molecule has 2 rings (SSSR count). The molecule has 0 aromatic heterocycles. The molecule has 0 bridgehead atoms. The quantitative estimate of drug-likeness (QED) is 0.763. The van der Waals surface area contributed by atoms with Crippen molar-refractivity contribution >= 4 is 0 Å². The summed E-state index contributed by atoms with van der Waals surface area (Å²) in [5.74, 6) is 1.87. The molecule has 1 fully saturated rings. The van der Waals surface area contributed by atoms with Crippen LogP contribution in [0.15, 0.2) is 24.3 Å². The largest absolute Gasteiger partial charge is 0.497 e. The maximum atomic E-state index is 5.15. The summed E-state index contributed by atoms with van der Waals surface area (Å²) >= 11 is 0. The van der Waals surface area contributed by atoms with E-state index in [0.29, 0.717) is 0 Å². The van der Waals surface area contributed by atoms with E-state index < -0.39 is 0 Å². The lowest BCUT2D eigenvalue weighted by molar-refractivity contribution is 0.414. The van der Waals surface area contributed by atoms with E-state index in [9.17, 15) is 0 Å². The van der Waals surface area contributed by atoms with Crippen molar-refractivity contribution in [3.8, 4) is 5.75 Å². The van der Waals surface area contributed by atoms with Crippen molar-refractivity contribution in [3.63, 3.8) is 0 Å². The van der Waals surface area contributed by atoms with Crippen LogP contribution in [0.4, 0.5) is 0 Å². The molecular weight excluding hydrogens is 210 g/mol. The molecule has 0 atom stereocenters. The Morgan fingerprint density at radius 3 is 2.53 bits per heavy atom. The normalized spacial score (nSPS) is 16.3. The Labute approximate surface area is 104 Å². The number of methoxy groups -OCH3 is 1. The monoisotopic (exact) mass is 233 g/mol. The summed E-state index contributed by atoms with van der Waals surface area (Å²) in [5, 5.41) is 3.57. The van der Waals surface area contributed by atoms with E-state index in [-0.39, 0.29) is 0 Å². The van der Waals surface area contributed by atoms with Gasteiger partial charge in [0.15, 0.2) is 0 Å². The topological polar surface area (TPSA) is 21.3 Å². The molecule has 0 saturated heterocycles. The SMILES string of the molecule is COc1ccc(CCNCC2CCCC2)cc1. The van der Waals surface area contributed by atoms with Gasteiger partial charge >= 0.3 is 0 Å². The van der Waals surface area contributed by atoms with Crippen LogP contribution in [0.5, 0.6) is 5.75 Å². The first kappa shape index (κ1) is 12.4. The molecular formula is C15H23NO. The number of ether oxygens (including phenoxy) is 1. The Hall–Kier alpha value is -1.02. The molecule has 2 nitrogen and oxygen atoms in total. The van der Waals surface area contributed by atoms with Crippen LogP contribution in [-0.2, 0) is 6.42 Å². The van der Waals surface area contributed by atoms with E-state index in [1.807, 2.05) is 12.1 Å². The van der Waals surface area contributed by atoms with Crippen molar-refractivity contribution in [3.05, 3.63) is 29.8 Å².